The van der Waals surface area contributed by atoms with E-state index >= 15 is 0 Å². The topological polar surface area (TPSA) is 0 Å². The second-order valence-electron chi connectivity index (χ2n) is 5.97. The highest BCUT2D eigenvalue weighted by molar-refractivity contribution is 6.20. The molecule has 0 spiro atoms. The molecule has 1 fully saturated rings. The minimum absolute atomic E-state index is 0.380. The van der Waals surface area contributed by atoms with Gasteiger partial charge in [0.05, 0.1) is 0 Å². The Bertz CT molecular complexity index is 555. The van der Waals surface area contributed by atoms with E-state index in [2.05, 4.69) is 49.4 Å². The first kappa shape index (κ1) is 12.0. The molecule has 0 N–H and O–H groups in total. The van der Waals surface area contributed by atoms with Crippen molar-refractivity contribution in [2.24, 2.45) is 5.41 Å². The van der Waals surface area contributed by atoms with Gasteiger partial charge >= 0.3 is 0 Å². The summed E-state index contributed by atoms with van der Waals surface area (Å²) in [7, 11) is 0. The molecule has 1 aliphatic rings. The van der Waals surface area contributed by atoms with Gasteiger partial charge in [-0.05, 0) is 47.4 Å². The van der Waals surface area contributed by atoms with Gasteiger partial charge in [0, 0.05) is 5.38 Å². The zero-order chi connectivity index (χ0) is 12.6. The van der Waals surface area contributed by atoms with E-state index in [9.17, 15) is 0 Å². The molecule has 1 heteroatoms. The first-order valence-corrected chi connectivity index (χ1v) is 7.21. The van der Waals surface area contributed by atoms with Crippen LogP contribution in [0.4, 0.5) is 0 Å². The van der Waals surface area contributed by atoms with Gasteiger partial charge in [-0.25, -0.2) is 0 Å². The fourth-order valence-electron chi connectivity index (χ4n) is 3.31. The predicted molar refractivity (Wildman–Crippen MR) is 79.3 cm³/mol. The first-order valence-electron chi connectivity index (χ1n) is 6.77. The molecule has 0 amide bonds. The van der Waals surface area contributed by atoms with Gasteiger partial charge in [0.15, 0.2) is 0 Å². The van der Waals surface area contributed by atoms with Gasteiger partial charge in [-0.15, -0.1) is 11.6 Å². The van der Waals surface area contributed by atoms with Gasteiger partial charge in [-0.2, -0.15) is 0 Å². The molecule has 1 saturated carbocycles. The average Bonchev–Trinajstić information content (AvgIpc) is 2.70. The molecule has 1 aliphatic carbocycles. The monoisotopic (exact) mass is 258 g/mol. The summed E-state index contributed by atoms with van der Waals surface area (Å²) in [5.74, 6) is 0. The Balaban J connectivity index is 1.95. The Kier molecular flexibility index (Phi) is 3.07. The number of halogens is 1. The molecule has 3 rings (SSSR count). The summed E-state index contributed by atoms with van der Waals surface area (Å²) < 4.78 is 0. The molecule has 0 saturated heterocycles. The lowest BCUT2D eigenvalue weighted by Crippen LogP contribution is -2.15. The van der Waals surface area contributed by atoms with E-state index in [4.69, 9.17) is 11.6 Å². The highest BCUT2D eigenvalue weighted by Crippen LogP contribution is 2.43. The largest absolute Gasteiger partial charge is 0.123 e. The van der Waals surface area contributed by atoms with Gasteiger partial charge in [0.2, 0.25) is 0 Å². The highest BCUT2D eigenvalue weighted by atomic mass is 35.5. The number of hydrogen-bond donors (Lipinski definition) is 0. The summed E-state index contributed by atoms with van der Waals surface area (Å²) in [6.07, 6.45) is 4.72. The van der Waals surface area contributed by atoms with Crippen LogP contribution in [0.1, 0.15) is 31.7 Å². The van der Waals surface area contributed by atoms with E-state index in [1.807, 2.05) is 0 Å². The van der Waals surface area contributed by atoms with Gasteiger partial charge < -0.3 is 0 Å². The van der Waals surface area contributed by atoms with Crippen molar-refractivity contribution < 1.29 is 0 Å². The number of fused-ring (bicyclic) bond motifs is 1. The Morgan fingerprint density at radius 3 is 2.72 bits per heavy atom. The maximum Gasteiger partial charge on any atom is 0.0341 e. The van der Waals surface area contributed by atoms with E-state index < -0.39 is 0 Å². The second-order valence-corrected chi connectivity index (χ2v) is 6.58. The summed E-state index contributed by atoms with van der Waals surface area (Å²) >= 11 is 6.28. The molecule has 2 aromatic carbocycles. The van der Waals surface area contributed by atoms with Gasteiger partial charge in [0.25, 0.3) is 0 Å². The molecule has 2 aromatic rings. The van der Waals surface area contributed by atoms with Crippen LogP contribution in [0.5, 0.6) is 0 Å². The van der Waals surface area contributed by atoms with Crippen LogP contribution in [0.2, 0.25) is 0 Å². The van der Waals surface area contributed by atoms with Crippen LogP contribution in [-0.2, 0) is 6.42 Å². The Morgan fingerprint density at radius 2 is 1.94 bits per heavy atom. The molecule has 0 heterocycles. The summed E-state index contributed by atoms with van der Waals surface area (Å²) in [6.45, 7) is 2.39. The third-order valence-electron chi connectivity index (χ3n) is 4.27. The molecule has 0 aliphatic heterocycles. The normalized spacial score (nSPS) is 27.8. The maximum absolute atomic E-state index is 6.28. The minimum Gasteiger partial charge on any atom is -0.123 e. The summed E-state index contributed by atoms with van der Waals surface area (Å²) in [5.41, 5.74) is 1.86. The summed E-state index contributed by atoms with van der Waals surface area (Å²) in [4.78, 5) is 0. The van der Waals surface area contributed by atoms with Gasteiger partial charge in [-0.1, -0.05) is 49.4 Å². The van der Waals surface area contributed by atoms with Gasteiger partial charge in [-0.3, -0.25) is 0 Å². The lowest BCUT2D eigenvalue weighted by molar-refractivity contribution is 0.336. The molecular formula is C17H19Cl. The molecule has 2 atom stereocenters. The standard InChI is InChI=1S/C17H19Cl/c1-17(10-9-15(18)12-17)11-14-7-4-6-13-5-2-3-8-16(13)14/h2-8,15H,9-12H2,1H3. The molecule has 2 unspecified atom stereocenters. The fraction of sp³-hybridized carbons (Fsp3) is 0.412. The van der Waals surface area contributed by atoms with Crippen molar-refractivity contribution in [2.75, 3.05) is 0 Å². The third kappa shape index (κ3) is 2.27. The van der Waals surface area contributed by atoms with Crippen LogP contribution < -0.4 is 0 Å². The van der Waals surface area contributed by atoms with Crippen molar-refractivity contribution >= 4 is 22.4 Å². The average molecular weight is 259 g/mol. The first-order chi connectivity index (χ1) is 8.66. The Labute approximate surface area is 114 Å². The zero-order valence-electron chi connectivity index (χ0n) is 10.8. The molecule has 94 valence electrons. The van der Waals surface area contributed by atoms with Crippen LogP contribution in [0.25, 0.3) is 10.8 Å². The molecule has 0 bridgehead atoms. The number of rotatable bonds is 2. The molecular weight excluding hydrogens is 240 g/mol. The number of hydrogen-bond acceptors (Lipinski definition) is 0. The van der Waals surface area contributed by atoms with Crippen molar-refractivity contribution in [3.8, 4) is 0 Å². The van der Waals surface area contributed by atoms with E-state index in [1.165, 1.54) is 29.2 Å². The van der Waals surface area contributed by atoms with Crippen molar-refractivity contribution in [2.45, 2.75) is 38.0 Å². The van der Waals surface area contributed by atoms with Crippen LogP contribution >= 0.6 is 11.6 Å². The lowest BCUT2D eigenvalue weighted by atomic mass is 9.81. The van der Waals surface area contributed by atoms with E-state index in [0.717, 1.165) is 12.8 Å². The molecule has 18 heavy (non-hydrogen) atoms. The molecule has 0 radical (unpaired) electrons. The summed E-state index contributed by atoms with van der Waals surface area (Å²) in [6, 6.07) is 15.3. The Morgan fingerprint density at radius 1 is 1.17 bits per heavy atom. The fourth-order valence-corrected chi connectivity index (χ4v) is 3.79. The second kappa shape index (κ2) is 4.59. The molecule has 0 nitrogen and oxygen atoms in total. The van der Waals surface area contributed by atoms with Crippen molar-refractivity contribution in [1.82, 2.24) is 0 Å². The predicted octanol–water partition coefficient (Wildman–Crippen LogP) is 5.18. The van der Waals surface area contributed by atoms with Crippen LogP contribution in [0.3, 0.4) is 0 Å². The highest BCUT2D eigenvalue weighted by Gasteiger charge is 2.34. The van der Waals surface area contributed by atoms with E-state index in [-0.39, 0.29) is 0 Å². The van der Waals surface area contributed by atoms with Crippen molar-refractivity contribution in [1.29, 1.82) is 0 Å². The lowest BCUT2D eigenvalue weighted by Gasteiger charge is -2.24. The maximum atomic E-state index is 6.28. The SMILES string of the molecule is CC1(Cc2cccc3ccccc23)CCC(Cl)C1. The molecule has 0 aromatic heterocycles. The summed E-state index contributed by atoms with van der Waals surface area (Å²) in [5, 5.41) is 3.13. The van der Waals surface area contributed by atoms with Crippen molar-refractivity contribution in [3.05, 3.63) is 48.0 Å². The quantitative estimate of drug-likeness (QED) is 0.651. The number of benzene rings is 2. The zero-order valence-corrected chi connectivity index (χ0v) is 11.6. The van der Waals surface area contributed by atoms with E-state index in [1.54, 1.807) is 0 Å². The van der Waals surface area contributed by atoms with Crippen molar-refractivity contribution in [3.63, 3.8) is 0 Å². The van der Waals surface area contributed by atoms with E-state index in [0.29, 0.717) is 10.8 Å². The number of alkyl halides is 1. The minimum atomic E-state index is 0.380. The smallest absolute Gasteiger partial charge is 0.0341 e. The van der Waals surface area contributed by atoms with Gasteiger partial charge in [0.1, 0.15) is 0 Å². The van der Waals surface area contributed by atoms with Crippen LogP contribution in [0, 0.1) is 5.41 Å². The Hall–Kier alpha value is -1.01. The van der Waals surface area contributed by atoms with Crippen LogP contribution in [0.15, 0.2) is 42.5 Å². The third-order valence-corrected chi connectivity index (χ3v) is 4.65. The van der Waals surface area contributed by atoms with Crippen LogP contribution in [-0.4, -0.2) is 5.38 Å².